The third kappa shape index (κ3) is 4.63. The third-order valence-corrected chi connectivity index (χ3v) is 4.65. The van der Waals surface area contributed by atoms with Gasteiger partial charge in [-0.05, 0) is 0 Å². The Labute approximate surface area is 164 Å². The van der Waals surface area contributed by atoms with Crippen LogP contribution < -0.4 is 0 Å². The van der Waals surface area contributed by atoms with Gasteiger partial charge < -0.3 is 59.8 Å². The number of aliphatic hydroxyl groups is 8. The number of carbonyl (C=O) groups is 1. The summed E-state index contributed by atoms with van der Waals surface area (Å²) in [6.07, 6.45) is -12.5. The molecule has 0 bridgehead atoms. The lowest BCUT2D eigenvalue weighted by molar-refractivity contribution is -0.361. The van der Waals surface area contributed by atoms with Crippen molar-refractivity contribution in [2.45, 2.75) is 54.9 Å². The van der Waals surface area contributed by atoms with Crippen LogP contribution in [0.4, 0.5) is 0 Å². The van der Waals surface area contributed by atoms with Gasteiger partial charge >= 0.3 is 5.97 Å². The Kier molecular flexibility index (Phi) is 7.78. The lowest BCUT2D eigenvalue weighted by atomic mass is 9.89. The summed E-state index contributed by atoms with van der Waals surface area (Å²) in [6, 6.07) is 0. The van der Waals surface area contributed by atoms with Crippen molar-refractivity contribution < 1.29 is 64.6 Å². The fraction of sp³-hybridized carbons (Fsp3) is 0.812. The molecule has 2 aliphatic heterocycles. The van der Waals surface area contributed by atoms with E-state index in [0.29, 0.717) is 0 Å². The molecule has 0 amide bonds. The van der Waals surface area contributed by atoms with Gasteiger partial charge in [0.15, 0.2) is 11.9 Å². The van der Waals surface area contributed by atoms with Gasteiger partial charge in [-0.25, -0.2) is 4.79 Å². The maximum atomic E-state index is 12.1. The SMILES string of the molecule is COC[C@H]1OC(CC(O)CO)(OC2=C(O)[C@@H]([C@@H](O)CO)OC2=O)[C@H](O)[C@@H](O)[C@@H]1O. The smallest absolute Gasteiger partial charge is 0.378 e. The first-order valence-corrected chi connectivity index (χ1v) is 8.73. The normalized spacial score (nSPS) is 37.4. The molecule has 168 valence electrons. The predicted octanol–water partition coefficient (Wildman–Crippen LogP) is -4.38. The van der Waals surface area contributed by atoms with Crippen LogP contribution >= 0.6 is 0 Å². The Bertz CT molecular complexity index is 610. The van der Waals surface area contributed by atoms with Crippen molar-refractivity contribution in [3.63, 3.8) is 0 Å². The van der Waals surface area contributed by atoms with Crippen molar-refractivity contribution in [2.24, 2.45) is 0 Å². The van der Waals surface area contributed by atoms with E-state index < -0.39 is 85.6 Å². The molecular formula is C16H26O13. The molecule has 0 saturated carbocycles. The third-order valence-electron chi connectivity index (χ3n) is 4.65. The lowest BCUT2D eigenvalue weighted by Gasteiger charge is -2.48. The molecule has 1 fully saturated rings. The average molecular weight is 426 g/mol. The molecule has 2 rings (SSSR count). The van der Waals surface area contributed by atoms with Gasteiger partial charge in [0, 0.05) is 13.5 Å². The number of aliphatic hydroxyl groups excluding tert-OH is 8. The van der Waals surface area contributed by atoms with Gasteiger partial charge in [0.2, 0.25) is 11.5 Å². The topological polar surface area (TPSA) is 216 Å². The van der Waals surface area contributed by atoms with Crippen molar-refractivity contribution in [1.29, 1.82) is 0 Å². The van der Waals surface area contributed by atoms with E-state index in [1.807, 2.05) is 0 Å². The summed E-state index contributed by atoms with van der Waals surface area (Å²) in [4.78, 5) is 12.1. The Hall–Kier alpha value is -1.55. The quantitative estimate of drug-likeness (QED) is 0.164. The summed E-state index contributed by atoms with van der Waals surface area (Å²) in [5.41, 5.74) is 0. The molecule has 0 spiro atoms. The number of hydrogen-bond donors (Lipinski definition) is 8. The zero-order valence-corrected chi connectivity index (χ0v) is 15.5. The van der Waals surface area contributed by atoms with E-state index in [1.54, 1.807) is 0 Å². The number of cyclic esters (lactones) is 1. The number of carbonyl (C=O) groups excluding carboxylic acids is 1. The van der Waals surface area contributed by atoms with Crippen molar-refractivity contribution >= 4 is 5.97 Å². The first kappa shape index (κ1) is 23.7. The molecule has 13 nitrogen and oxygen atoms in total. The average Bonchev–Trinajstić information content (AvgIpc) is 2.97. The van der Waals surface area contributed by atoms with E-state index in [2.05, 4.69) is 0 Å². The lowest BCUT2D eigenvalue weighted by Crippen LogP contribution is -2.67. The summed E-state index contributed by atoms with van der Waals surface area (Å²) < 4.78 is 20.5. The Morgan fingerprint density at radius 1 is 1.14 bits per heavy atom. The number of ether oxygens (including phenoxy) is 4. The van der Waals surface area contributed by atoms with Gasteiger partial charge in [-0.15, -0.1) is 0 Å². The van der Waals surface area contributed by atoms with Gasteiger partial charge in [-0.3, -0.25) is 0 Å². The highest BCUT2D eigenvalue weighted by molar-refractivity contribution is 5.89. The minimum absolute atomic E-state index is 0.285. The molecule has 8 atom stereocenters. The zero-order chi connectivity index (χ0) is 21.9. The highest BCUT2D eigenvalue weighted by atomic mass is 16.7. The van der Waals surface area contributed by atoms with Crippen LogP contribution in [0.25, 0.3) is 0 Å². The van der Waals surface area contributed by atoms with E-state index in [0.717, 1.165) is 0 Å². The van der Waals surface area contributed by atoms with Crippen molar-refractivity contribution in [3.8, 4) is 0 Å². The van der Waals surface area contributed by atoms with Crippen molar-refractivity contribution in [2.75, 3.05) is 26.9 Å². The molecule has 0 aliphatic carbocycles. The number of rotatable bonds is 9. The first-order valence-electron chi connectivity index (χ1n) is 8.73. The Morgan fingerprint density at radius 2 is 1.79 bits per heavy atom. The highest BCUT2D eigenvalue weighted by Gasteiger charge is 2.58. The molecule has 1 saturated heterocycles. The number of esters is 1. The second-order valence-corrected chi connectivity index (χ2v) is 6.78. The van der Waals surface area contributed by atoms with E-state index in [1.165, 1.54) is 7.11 Å². The molecule has 2 heterocycles. The standard InChI is InChI=1S/C16H26O13/c1-26-5-8-9(21)10(22)14(24)16(28-8,2-6(19)3-17)29-13-11(23)12(7(20)4-18)27-15(13)25/h6-10,12,14,17-24H,2-5H2,1H3/t6?,7-,8+,9+,10-,12+,14+,16?/m0/s1. The summed E-state index contributed by atoms with van der Waals surface area (Å²) >= 11 is 0. The monoisotopic (exact) mass is 426 g/mol. The number of methoxy groups -OCH3 is 1. The minimum Gasteiger partial charge on any atom is -0.505 e. The highest BCUT2D eigenvalue weighted by Crippen LogP contribution is 2.39. The van der Waals surface area contributed by atoms with Crippen molar-refractivity contribution in [3.05, 3.63) is 11.5 Å². The summed E-state index contributed by atoms with van der Waals surface area (Å²) in [7, 11) is 1.27. The van der Waals surface area contributed by atoms with Crippen LogP contribution in [0, 0.1) is 0 Å². The van der Waals surface area contributed by atoms with Crippen LogP contribution in [0.15, 0.2) is 11.5 Å². The van der Waals surface area contributed by atoms with Gasteiger partial charge in [-0.1, -0.05) is 0 Å². The molecule has 0 aromatic heterocycles. The predicted molar refractivity (Wildman–Crippen MR) is 88.9 cm³/mol. The Morgan fingerprint density at radius 3 is 2.34 bits per heavy atom. The minimum atomic E-state index is -2.43. The summed E-state index contributed by atoms with van der Waals surface area (Å²) in [6.45, 7) is -1.95. The van der Waals surface area contributed by atoms with Crippen molar-refractivity contribution in [1.82, 2.24) is 0 Å². The van der Waals surface area contributed by atoms with E-state index in [4.69, 9.17) is 24.1 Å². The molecule has 0 aromatic carbocycles. The fourth-order valence-electron chi connectivity index (χ4n) is 3.13. The van der Waals surface area contributed by atoms with Crippen LogP contribution in [0.1, 0.15) is 6.42 Å². The largest absolute Gasteiger partial charge is 0.505 e. The second kappa shape index (κ2) is 9.51. The van der Waals surface area contributed by atoms with Crippen LogP contribution in [0.5, 0.6) is 0 Å². The molecule has 8 N–H and O–H groups in total. The molecule has 13 heteroatoms. The maximum absolute atomic E-state index is 12.1. The van der Waals surface area contributed by atoms with Gasteiger partial charge in [0.1, 0.15) is 30.5 Å². The molecule has 2 aliphatic rings. The zero-order valence-electron chi connectivity index (χ0n) is 15.5. The molecule has 0 aromatic rings. The summed E-state index contributed by atoms with van der Waals surface area (Å²) in [5.74, 6) is -5.54. The maximum Gasteiger partial charge on any atom is 0.378 e. The fourth-order valence-corrected chi connectivity index (χ4v) is 3.13. The molecular weight excluding hydrogens is 400 g/mol. The van der Waals surface area contributed by atoms with Crippen LogP contribution in [-0.2, 0) is 23.7 Å². The van der Waals surface area contributed by atoms with Crippen LogP contribution in [-0.4, -0.2) is 122 Å². The van der Waals surface area contributed by atoms with Gasteiger partial charge in [-0.2, -0.15) is 0 Å². The van der Waals surface area contributed by atoms with Crippen LogP contribution in [0.3, 0.4) is 0 Å². The van der Waals surface area contributed by atoms with Gasteiger partial charge in [0.25, 0.3) is 0 Å². The van der Waals surface area contributed by atoms with E-state index >= 15 is 0 Å². The molecule has 29 heavy (non-hydrogen) atoms. The number of hydrogen-bond acceptors (Lipinski definition) is 13. The Balaban J connectivity index is 2.44. The first-order chi connectivity index (χ1) is 13.6. The second-order valence-electron chi connectivity index (χ2n) is 6.78. The van der Waals surface area contributed by atoms with Gasteiger partial charge in [0.05, 0.1) is 25.9 Å². The molecule has 0 radical (unpaired) electrons. The van der Waals surface area contributed by atoms with Crippen LogP contribution in [0.2, 0.25) is 0 Å². The summed E-state index contributed by atoms with van der Waals surface area (Å²) in [5, 5.41) is 78.7. The van der Waals surface area contributed by atoms with E-state index in [9.17, 15) is 40.5 Å². The van der Waals surface area contributed by atoms with E-state index in [-0.39, 0.29) is 6.61 Å². The molecule has 2 unspecified atom stereocenters.